The molecule has 0 saturated carbocycles. The highest BCUT2D eigenvalue weighted by molar-refractivity contribution is 7.92. The summed E-state index contributed by atoms with van der Waals surface area (Å²) in [6.07, 6.45) is 0. The summed E-state index contributed by atoms with van der Waals surface area (Å²) >= 11 is 0. The first kappa shape index (κ1) is 14.2. The smallest absolute Gasteiger partial charge is 0.262 e. The lowest BCUT2D eigenvalue weighted by atomic mass is 10.2. The van der Waals surface area contributed by atoms with Gasteiger partial charge in [-0.2, -0.15) is 0 Å². The van der Waals surface area contributed by atoms with E-state index < -0.39 is 10.0 Å². The number of rotatable bonds is 4. The molecule has 3 N–H and O–H groups in total. The van der Waals surface area contributed by atoms with Crippen molar-refractivity contribution in [2.45, 2.75) is 11.8 Å². The van der Waals surface area contributed by atoms with Gasteiger partial charge in [0.25, 0.3) is 10.0 Å². The molecule has 2 aromatic rings. The third-order valence-corrected chi connectivity index (χ3v) is 4.48. The van der Waals surface area contributed by atoms with E-state index in [1.807, 2.05) is 0 Å². The summed E-state index contributed by atoms with van der Waals surface area (Å²) in [7, 11) is -2.22. The number of nitrogen functional groups attached to an aromatic ring is 1. The quantitative estimate of drug-likeness (QED) is 0.848. The molecule has 0 aliphatic heterocycles. The largest absolute Gasteiger partial charge is 0.495 e. The summed E-state index contributed by atoms with van der Waals surface area (Å²) in [5.74, 6) is 0.456. The summed E-state index contributed by atoms with van der Waals surface area (Å²) in [4.78, 5) is 0.156. The first-order chi connectivity index (χ1) is 9.45. The number of nitrogens with one attached hydrogen (secondary N) is 1. The normalized spacial score (nSPS) is 11.1. The molecule has 0 aromatic heterocycles. The number of anilines is 2. The number of benzene rings is 2. The van der Waals surface area contributed by atoms with E-state index in [-0.39, 0.29) is 4.90 Å². The Kier molecular flexibility index (Phi) is 3.85. The Bertz CT molecular complexity index is 727. The monoisotopic (exact) mass is 292 g/mol. The fourth-order valence-electron chi connectivity index (χ4n) is 1.85. The zero-order valence-corrected chi connectivity index (χ0v) is 12.1. The van der Waals surface area contributed by atoms with E-state index in [1.165, 1.54) is 13.2 Å². The molecular formula is C14H16N2O3S. The van der Waals surface area contributed by atoms with Crippen LogP contribution in [0.15, 0.2) is 47.4 Å². The fraction of sp³-hybridized carbons (Fsp3) is 0.143. The highest BCUT2D eigenvalue weighted by Gasteiger charge is 2.19. The SMILES string of the molecule is COc1ccccc1NS(=O)(=O)c1cccc(N)c1C. The molecule has 6 heteroatoms. The molecule has 0 heterocycles. The molecule has 0 bridgehead atoms. The maximum absolute atomic E-state index is 12.4. The molecule has 2 aromatic carbocycles. The molecule has 106 valence electrons. The Hall–Kier alpha value is -2.21. The lowest BCUT2D eigenvalue weighted by Crippen LogP contribution is -2.15. The third kappa shape index (κ3) is 2.70. The van der Waals surface area contributed by atoms with Crippen LogP contribution in [-0.4, -0.2) is 15.5 Å². The molecule has 5 nitrogen and oxygen atoms in total. The van der Waals surface area contributed by atoms with Gasteiger partial charge in [-0.3, -0.25) is 4.72 Å². The summed E-state index contributed by atoms with van der Waals surface area (Å²) in [6.45, 7) is 1.67. The number of hydrogen-bond acceptors (Lipinski definition) is 4. The Morgan fingerprint density at radius 3 is 2.50 bits per heavy atom. The second-order valence-electron chi connectivity index (χ2n) is 4.28. The molecule has 0 radical (unpaired) electrons. The minimum atomic E-state index is -3.71. The van der Waals surface area contributed by atoms with E-state index in [1.54, 1.807) is 43.3 Å². The molecule has 0 spiro atoms. The van der Waals surface area contributed by atoms with Crippen LogP contribution < -0.4 is 15.2 Å². The Balaban J connectivity index is 2.44. The second-order valence-corrected chi connectivity index (χ2v) is 5.93. The van der Waals surface area contributed by atoms with Crippen molar-refractivity contribution in [3.63, 3.8) is 0 Å². The van der Waals surface area contributed by atoms with E-state index in [4.69, 9.17) is 10.5 Å². The van der Waals surface area contributed by atoms with E-state index in [0.29, 0.717) is 22.7 Å². The summed E-state index contributed by atoms with van der Waals surface area (Å²) < 4.78 is 32.5. The highest BCUT2D eigenvalue weighted by atomic mass is 32.2. The minimum absolute atomic E-state index is 0.156. The summed E-state index contributed by atoms with van der Waals surface area (Å²) in [5, 5.41) is 0. The van der Waals surface area contributed by atoms with Crippen LogP contribution in [0.25, 0.3) is 0 Å². The number of hydrogen-bond donors (Lipinski definition) is 2. The number of para-hydroxylation sites is 2. The average Bonchev–Trinajstić information content (AvgIpc) is 2.42. The Morgan fingerprint density at radius 2 is 1.80 bits per heavy atom. The van der Waals surface area contributed by atoms with Gasteiger partial charge < -0.3 is 10.5 Å². The average molecular weight is 292 g/mol. The van der Waals surface area contributed by atoms with Crippen LogP contribution >= 0.6 is 0 Å². The molecule has 2 rings (SSSR count). The van der Waals surface area contributed by atoms with Crippen molar-refractivity contribution in [1.29, 1.82) is 0 Å². The second kappa shape index (κ2) is 5.42. The first-order valence-electron chi connectivity index (χ1n) is 5.96. The summed E-state index contributed by atoms with van der Waals surface area (Å²) in [6, 6.07) is 11.6. The zero-order valence-electron chi connectivity index (χ0n) is 11.3. The van der Waals surface area contributed by atoms with E-state index >= 15 is 0 Å². The van der Waals surface area contributed by atoms with Gasteiger partial charge in [0.15, 0.2) is 0 Å². The number of methoxy groups -OCH3 is 1. The van der Waals surface area contributed by atoms with Crippen molar-refractivity contribution in [3.8, 4) is 5.75 Å². The predicted molar refractivity (Wildman–Crippen MR) is 79.4 cm³/mol. The van der Waals surface area contributed by atoms with Gasteiger partial charge >= 0.3 is 0 Å². The molecular weight excluding hydrogens is 276 g/mol. The molecule has 0 saturated heterocycles. The molecule has 0 unspecified atom stereocenters. The number of ether oxygens (including phenoxy) is 1. The topological polar surface area (TPSA) is 81.4 Å². The molecule has 0 aliphatic rings. The summed E-state index contributed by atoms with van der Waals surface area (Å²) in [5.41, 5.74) is 7.10. The van der Waals surface area contributed by atoms with Crippen LogP contribution in [0, 0.1) is 6.92 Å². The lowest BCUT2D eigenvalue weighted by Gasteiger charge is -2.13. The van der Waals surface area contributed by atoms with Gasteiger partial charge in [0.05, 0.1) is 17.7 Å². The van der Waals surface area contributed by atoms with Crippen molar-refractivity contribution in [3.05, 3.63) is 48.0 Å². The van der Waals surface area contributed by atoms with Gasteiger partial charge in [-0.05, 0) is 36.8 Å². The Morgan fingerprint density at radius 1 is 1.10 bits per heavy atom. The van der Waals surface area contributed by atoms with Crippen molar-refractivity contribution in [1.82, 2.24) is 0 Å². The molecule has 0 fully saturated rings. The van der Waals surface area contributed by atoms with Gasteiger partial charge in [-0.15, -0.1) is 0 Å². The van der Waals surface area contributed by atoms with Crippen LogP contribution in [0.3, 0.4) is 0 Å². The van der Waals surface area contributed by atoms with Crippen molar-refractivity contribution in [2.75, 3.05) is 17.6 Å². The van der Waals surface area contributed by atoms with Crippen LogP contribution in [0.1, 0.15) is 5.56 Å². The van der Waals surface area contributed by atoms with Gasteiger partial charge in [0.2, 0.25) is 0 Å². The van der Waals surface area contributed by atoms with E-state index in [2.05, 4.69) is 4.72 Å². The van der Waals surface area contributed by atoms with Gasteiger partial charge in [0.1, 0.15) is 5.75 Å². The first-order valence-corrected chi connectivity index (χ1v) is 7.45. The van der Waals surface area contributed by atoms with Crippen LogP contribution in [0.4, 0.5) is 11.4 Å². The van der Waals surface area contributed by atoms with Crippen LogP contribution in [0.5, 0.6) is 5.75 Å². The lowest BCUT2D eigenvalue weighted by molar-refractivity contribution is 0.417. The molecule has 0 atom stereocenters. The van der Waals surface area contributed by atoms with E-state index in [9.17, 15) is 8.42 Å². The molecule has 0 amide bonds. The van der Waals surface area contributed by atoms with Crippen LogP contribution in [-0.2, 0) is 10.0 Å². The number of sulfonamides is 1. The zero-order chi connectivity index (χ0) is 14.8. The third-order valence-electron chi connectivity index (χ3n) is 2.97. The highest BCUT2D eigenvalue weighted by Crippen LogP contribution is 2.28. The molecule has 20 heavy (non-hydrogen) atoms. The standard InChI is InChI=1S/C14H16N2O3S/c1-10-11(15)6-5-9-14(10)20(17,18)16-12-7-3-4-8-13(12)19-2/h3-9,16H,15H2,1-2H3. The minimum Gasteiger partial charge on any atom is -0.495 e. The Labute approximate surface area is 118 Å². The fourth-order valence-corrected chi connectivity index (χ4v) is 3.20. The van der Waals surface area contributed by atoms with E-state index in [0.717, 1.165) is 0 Å². The van der Waals surface area contributed by atoms with Gasteiger partial charge in [-0.25, -0.2) is 8.42 Å². The molecule has 0 aliphatic carbocycles. The van der Waals surface area contributed by atoms with Crippen LogP contribution in [0.2, 0.25) is 0 Å². The number of nitrogens with two attached hydrogens (primary N) is 1. The predicted octanol–water partition coefficient (Wildman–Crippen LogP) is 2.39. The van der Waals surface area contributed by atoms with Crippen molar-refractivity contribution >= 4 is 21.4 Å². The maximum Gasteiger partial charge on any atom is 0.262 e. The van der Waals surface area contributed by atoms with Crippen molar-refractivity contribution < 1.29 is 13.2 Å². The van der Waals surface area contributed by atoms with Gasteiger partial charge in [-0.1, -0.05) is 18.2 Å². The maximum atomic E-state index is 12.4. The van der Waals surface area contributed by atoms with Gasteiger partial charge in [0, 0.05) is 5.69 Å². The van der Waals surface area contributed by atoms with Crippen molar-refractivity contribution in [2.24, 2.45) is 0 Å².